The fourth-order valence-electron chi connectivity index (χ4n) is 2.89. The Hall–Kier alpha value is -3.24. The van der Waals surface area contributed by atoms with Gasteiger partial charge in [0.15, 0.2) is 0 Å². The van der Waals surface area contributed by atoms with Crippen LogP contribution >= 0.6 is 0 Å². The van der Waals surface area contributed by atoms with Crippen molar-refractivity contribution in [1.29, 1.82) is 0 Å². The van der Waals surface area contributed by atoms with E-state index in [1.54, 1.807) is 0 Å². The van der Waals surface area contributed by atoms with Gasteiger partial charge in [0, 0.05) is 24.5 Å². The molecule has 0 amide bonds. The molecule has 1 aromatic carbocycles. The molecule has 0 aliphatic carbocycles. The predicted molar refractivity (Wildman–Crippen MR) is 99.9 cm³/mol. The van der Waals surface area contributed by atoms with Crippen molar-refractivity contribution in [2.75, 3.05) is 7.05 Å². The Kier molecular flexibility index (Phi) is 3.93. The first-order chi connectivity index (χ1) is 12.8. The molecular formula is C17H15N5O4S. The molecule has 27 heavy (non-hydrogen) atoms. The summed E-state index contributed by atoms with van der Waals surface area (Å²) >= 11 is 0. The van der Waals surface area contributed by atoms with E-state index >= 15 is 0 Å². The van der Waals surface area contributed by atoms with Crippen LogP contribution in [0.5, 0.6) is 0 Å². The van der Waals surface area contributed by atoms with Gasteiger partial charge in [-0.05, 0) is 23.6 Å². The van der Waals surface area contributed by atoms with E-state index in [4.69, 9.17) is 0 Å². The number of benzene rings is 1. The average Bonchev–Trinajstić information content (AvgIpc) is 3.03. The van der Waals surface area contributed by atoms with Gasteiger partial charge in [0.1, 0.15) is 10.5 Å². The van der Waals surface area contributed by atoms with Gasteiger partial charge in [-0.25, -0.2) is 18.2 Å². The molecule has 3 heterocycles. The molecule has 10 heteroatoms. The molecule has 0 unspecified atom stereocenters. The first-order valence-electron chi connectivity index (χ1n) is 8.00. The summed E-state index contributed by atoms with van der Waals surface area (Å²) in [5, 5.41) is 0.982. The van der Waals surface area contributed by atoms with Crippen molar-refractivity contribution in [3.63, 3.8) is 0 Å². The number of aromatic nitrogens is 4. The van der Waals surface area contributed by atoms with Crippen LogP contribution in [0.2, 0.25) is 0 Å². The van der Waals surface area contributed by atoms with Crippen molar-refractivity contribution < 1.29 is 8.42 Å². The highest BCUT2D eigenvalue weighted by Gasteiger charge is 2.23. The van der Waals surface area contributed by atoms with Crippen LogP contribution in [0.4, 0.5) is 0 Å². The van der Waals surface area contributed by atoms with E-state index in [9.17, 15) is 18.0 Å². The molecule has 3 aromatic heterocycles. The summed E-state index contributed by atoms with van der Waals surface area (Å²) in [7, 11) is -2.44. The Morgan fingerprint density at radius 1 is 1.07 bits per heavy atom. The number of nitrogens with one attached hydrogen (secondary N) is 3. The summed E-state index contributed by atoms with van der Waals surface area (Å²) in [6.45, 7) is 0.122. The first kappa shape index (κ1) is 17.2. The van der Waals surface area contributed by atoms with Crippen molar-refractivity contribution in [2.24, 2.45) is 0 Å². The maximum Gasteiger partial charge on any atom is 0.327 e. The van der Waals surface area contributed by atoms with E-state index in [0.29, 0.717) is 0 Å². The Morgan fingerprint density at radius 3 is 2.63 bits per heavy atom. The summed E-state index contributed by atoms with van der Waals surface area (Å²) in [4.78, 5) is 34.6. The Labute approximate surface area is 152 Å². The largest absolute Gasteiger partial charge is 0.357 e. The third-order valence-electron chi connectivity index (χ3n) is 4.25. The van der Waals surface area contributed by atoms with Crippen LogP contribution in [0, 0.1) is 0 Å². The standard InChI is InChI=1S/C17H15N5O4S/c1-22(9-11-6-10-4-2-3-5-14(10)19-11)27(25,26)12-7-13-15(18-8-12)20-17(24)21-16(13)23/h2-8,19H,9H2,1H3,(H2,18,20,21,23,24). The molecular weight excluding hydrogens is 370 g/mol. The molecule has 0 saturated heterocycles. The Morgan fingerprint density at radius 2 is 1.85 bits per heavy atom. The molecule has 138 valence electrons. The van der Waals surface area contributed by atoms with Gasteiger partial charge in [0.25, 0.3) is 5.56 Å². The highest BCUT2D eigenvalue weighted by atomic mass is 32.2. The third-order valence-corrected chi connectivity index (χ3v) is 6.02. The van der Waals surface area contributed by atoms with E-state index in [-0.39, 0.29) is 22.5 Å². The number of H-pyrrole nitrogens is 3. The van der Waals surface area contributed by atoms with Crippen LogP contribution in [0.1, 0.15) is 5.69 Å². The topological polar surface area (TPSA) is 132 Å². The van der Waals surface area contributed by atoms with E-state index in [1.807, 2.05) is 30.3 Å². The lowest BCUT2D eigenvalue weighted by molar-refractivity contribution is 0.463. The molecule has 0 saturated carbocycles. The van der Waals surface area contributed by atoms with Gasteiger partial charge < -0.3 is 4.98 Å². The fourth-order valence-corrected chi connectivity index (χ4v) is 4.01. The molecule has 9 nitrogen and oxygen atoms in total. The third kappa shape index (κ3) is 3.04. The molecule has 0 atom stereocenters. The predicted octanol–water partition coefficient (Wildman–Crippen LogP) is 0.913. The van der Waals surface area contributed by atoms with Crippen molar-refractivity contribution in [1.82, 2.24) is 24.2 Å². The normalized spacial score (nSPS) is 12.2. The highest BCUT2D eigenvalue weighted by molar-refractivity contribution is 7.89. The number of hydrogen-bond donors (Lipinski definition) is 3. The molecule has 0 aliphatic rings. The monoisotopic (exact) mass is 385 g/mol. The number of rotatable bonds is 4. The molecule has 3 N–H and O–H groups in total. The molecule has 0 bridgehead atoms. The lowest BCUT2D eigenvalue weighted by atomic mass is 10.2. The second-order valence-corrected chi connectivity index (χ2v) is 8.16. The maximum atomic E-state index is 12.9. The maximum absolute atomic E-state index is 12.9. The minimum Gasteiger partial charge on any atom is -0.357 e. The van der Waals surface area contributed by atoms with Crippen LogP contribution in [-0.2, 0) is 16.6 Å². The lowest BCUT2D eigenvalue weighted by Gasteiger charge is -2.16. The van der Waals surface area contributed by atoms with Gasteiger partial charge in [-0.1, -0.05) is 18.2 Å². The van der Waals surface area contributed by atoms with E-state index in [0.717, 1.165) is 22.8 Å². The quantitative estimate of drug-likeness (QED) is 0.480. The smallest absolute Gasteiger partial charge is 0.327 e. The van der Waals surface area contributed by atoms with Crippen molar-refractivity contribution in [2.45, 2.75) is 11.4 Å². The number of para-hydroxylation sites is 1. The second-order valence-electron chi connectivity index (χ2n) is 6.12. The van der Waals surface area contributed by atoms with E-state index in [2.05, 4.69) is 19.9 Å². The number of hydrogen-bond acceptors (Lipinski definition) is 5. The van der Waals surface area contributed by atoms with Gasteiger partial charge in [0.2, 0.25) is 10.0 Å². The van der Waals surface area contributed by atoms with Crippen molar-refractivity contribution in [3.05, 3.63) is 69.1 Å². The van der Waals surface area contributed by atoms with Crippen LogP contribution in [-0.4, -0.2) is 39.7 Å². The number of aromatic amines is 3. The summed E-state index contributed by atoms with van der Waals surface area (Å²) < 4.78 is 26.9. The van der Waals surface area contributed by atoms with Crippen LogP contribution in [0.15, 0.2) is 57.1 Å². The SMILES string of the molecule is CN(Cc1cc2ccccc2[nH]1)S(=O)(=O)c1cnc2[nH]c(=O)[nH]c(=O)c2c1. The van der Waals surface area contributed by atoms with Crippen LogP contribution in [0.3, 0.4) is 0 Å². The minimum absolute atomic E-state index is 0.00492. The summed E-state index contributed by atoms with van der Waals surface area (Å²) in [5.41, 5.74) is 0.281. The lowest BCUT2D eigenvalue weighted by Crippen LogP contribution is -2.27. The van der Waals surface area contributed by atoms with Gasteiger partial charge in [0.05, 0.1) is 11.9 Å². The van der Waals surface area contributed by atoms with Crippen LogP contribution < -0.4 is 11.2 Å². The first-order valence-corrected chi connectivity index (χ1v) is 9.44. The zero-order chi connectivity index (χ0) is 19.2. The molecule has 0 spiro atoms. The zero-order valence-corrected chi connectivity index (χ0v) is 15.0. The average molecular weight is 385 g/mol. The number of pyridine rings is 1. The summed E-state index contributed by atoms with van der Waals surface area (Å²) in [5.74, 6) is 0. The van der Waals surface area contributed by atoms with Gasteiger partial charge in [-0.3, -0.25) is 14.8 Å². The summed E-state index contributed by atoms with van der Waals surface area (Å²) in [6, 6.07) is 10.7. The van der Waals surface area contributed by atoms with Gasteiger partial charge in [-0.2, -0.15) is 4.31 Å². The molecule has 0 aliphatic heterocycles. The highest BCUT2D eigenvalue weighted by Crippen LogP contribution is 2.20. The van der Waals surface area contributed by atoms with E-state index in [1.165, 1.54) is 17.4 Å². The second kappa shape index (κ2) is 6.18. The van der Waals surface area contributed by atoms with Crippen molar-refractivity contribution >= 4 is 32.0 Å². The number of fused-ring (bicyclic) bond motifs is 2. The van der Waals surface area contributed by atoms with Gasteiger partial charge in [-0.15, -0.1) is 0 Å². The molecule has 0 radical (unpaired) electrons. The minimum atomic E-state index is -3.89. The Bertz CT molecular complexity index is 1350. The van der Waals surface area contributed by atoms with Crippen LogP contribution in [0.25, 0.3) is 21.9 Å². The van der Waals surface area contributed by atoms with Crippen molar-refractivity contribution in [3.8, 4) is 0 Å². The Balaban J connectivity index is 1.70. The van der Waals surface area contributed by atoms with E-state index < -0.39 is 21.3 Å². The molecule has 4 aromatic rings. The zero-order valence-electron chi connectivity index (χ0n) is 14.2. The fraction of sp³-hybridized carbons (Fsp3) is 0.118. The number of nitrogens with zero attached hydrogens (tertiary/aromatic N) is 2. The summed E-state index contributed by atoms with van der Waals surface area (Å²) in [6.07, 6.45) is 1.12. The molecule has 4 rings (SSSR count). The van der Waals surface area contributed by atoms with Gasteiger partial charge >= 0.3 is 5.69 Å². The molecule has 0 fully saturated rings. The number of sulfonamides is 1.